The molecule has 9 heteroatoms. The SMILES string of the molecule is NS(=O)(=O)N1CCN(C(=O)c2c(F)cccc2Cl)CC1. The number of nitrogens with two attached hydrogens (primary N) is 1. The number of carbonyl (C=O) groups is 1. The molecule has 20 heavy (non-hydrogen) atoms. The lowest BCUT2D eigenvalue weighted by atomic mass is 10.1. The fraction of sp³-hybridized carbons (Fsp3) is 0.364. The third-order valence-electron chi connectivity index (χ3n) is 3.06. The zero-order valence-electron chi connectivity index (χ0n) is 10.4. The first kappa shape index (κ1) is 15.2. The quantitative estimate of drug-likeness (QED) is 0.858. The lowest BCUT2D eigenvalue weighted by Crippen LogP contribution is -2.52. The van der Waals surface area contributed by atoms with Crippen LogP contribution in [0, 0.1) is 5.82 Å². The van der Waals surface area contributed by atoms with Gasteiger partial charge in [0.05, 0.1) is 10.6 Å². The van der Waals surface area contributed by atoms with Gasteiger partial charge in [0.25, 0.3) is 16.1 Å². The molecular formula is C11H13ClFN3O3S. The summed E-state index contributed by atoms with van der Waals surface area (Å²) in [5.74, 6) is -1.25. The minimum atomic E-state index is -3.76. The monoisotopic (exact) mass is 321 g/mol. The molecule has 1 aliphatic rings. The molecule has 0 spiro atoms. The highest BCUT2D eigenvalue weighted by Crippen LogP contribution is 2.21. The van der Waals surface area contributed by atoms with Crippen LogP contribution in [0.2, 0.25) is 5.02 Å². The number of hydrogen-bond acceptors (Lipinski definition) is 3. The van der Waals surface area contributed by atoms with E-state index in [1.54, 1.807) is 0 Å². The molecule has 0 atom stereocenters. The van der Waals surface area contributed by atoms with Crippen molar-refractivity contribution in [2.45, 2.75) is 0 Å². The molecule has 0 radical (unpaired) electrons. The van der Waals surface area contributed by atoms with Gasteiger partial charge in [0.2, 0.25) is 0 Å². The molecule has 110 valence electrons. The summed E-state index contributed by atoms with van der Waals surface area (Å²) < 4.78 is 37.1. The second kappa shape index (κ2) is 5.65. The number of carbonyl (C=O) groups excluding carboxylic acids is 1. The van der Waals surface area contributed by atoms with Crippen LogP contribution >= 0.6 is 11.6 Å². The van der Waals surface area contributed by atoms with Crippen molar-refractivity contribution in [1.82, 2.24) is 9.21 Å². The summed E-state index contributed by atoms with van der Waals surface area (Å²) in [6.45, 7) is 0.438. The van der Waals surface area contributed by atoms with Crippen LogP contribution < -0.4 is 5.14 Å². The molecule has 1 aliphatic heterocycles. The molecule has 1 fully saturated rings. The fourth-order valence-corrected chi connectivity index (χ4v) is 2.92. The van der Waals surface area contributed by atoms with Gasteiger partial charge in [0.15, 0.2) is 0 Å². The Morgan fingerprint density at radius 1 is 1.25 bits per heavy atom. The van der Waals surface area contributed by atoms with E-state index in [2.05, 4.69) is 0 Å². The van der Waals surface area contributed by atoms with Crippen molar-refractivity contribution in [2.24, 2.45) is 5.14 Å². The van der Waals surface area contributed by atoms with E-state index < -0.39 is 21.9 Å². The van der Waals surface area contributed by atoms with Gasteiger partial charge in [0.1, 0.15) is 5.82 Å². The van der Waals surface area contributed by atoms with Crippen molar-refractivity contribution in [2.75, 3.05) is 26.2 Å². The van der Waals surface area contributed by atoms with Gasteiger partial charge in [-0.3, -0.25) is 4.79 Å². The number of halogens is 2. The van der Waals surface area contributed by atoms with Crippen molar-refractivity contribution in [3.8, 4) is 0 Å². The topological polar surface area (TPSA) is 83.7 Å². The van der Waals surface area contributed by atoms with Crippen LogP contribution in [0.3, 0.4) is 0 Å². The molecule has 0 bridgehead atoms. The molecular weight excluding hydrogens is 309 g/mol. The van der Waals surface area contributed by atoms with Gasteiger partial charge in [-0.05, 0) is 12.1 Å². The molecule has 1 aromatic carbocycles. The van der Waals surface area contributed by atoms with E-state index in [9.17, 15) is 17.6 Å². The number of benzene rings is 1. The summed E-state index contributed by atoms with van der Waals surface area (Å²) in [4.78, 5) is 13.6. The van der Waals surface area contributed by atoms with Crippen LogP contribution in [0.15, 0.2) is 18.2 Å². The van der Waals surface area contributed by atoms with E-state index in [0.29, 0.717) is 0 Å². The van der Waals surface area contributed by atoms with Gasteiger partial charge in [-0.25, -0.2) is 9.53 Å². The first-order valence-corrected chi connectivity index (χ1v) is 7.70. The lowest BCUT2D eigenvalue weighted by Gasteiger charge is -2.33. The highest BCUT2D eigenvalue weighted by atomic mass is 35.5. The minimum Gasteiger partial charge on any atom is -0.336 e. The summed E-state index contributed by atoms with van der Waals surface area (Å²) in [6.07, 6.45) is 0. The number of rotatable bonds is 2. The number of amides is 1. The van der Waals surface area contributed by atoms with Gasteiger partial charge in [-0.15, -0.1) is 0 Å². The molecule has 1 amide bonds. The Kier molecular flexibility index (Phi) is 4.28. The molecule has 2 N–H and O–H groups in total. The van der Waals surface area contributed by atoms with Crippen molar-refractivity contribution in [3.63, 3.8) is 0 Å². The fourth-order valence-electron chi connectivity index (χ4n) is 2.01. The average molecular weight is 322 g/mol. The van der Waals surface area contributed by atoms with Crippen molar-refractivity contribution in [1.29, 1.82) is 0 Å². The molecule has 1 saturated heterocycles. The zero-order chi connectivity index (χ0) is 14.9. The van der Waals surface area contributed by atoms with Gasteiger partial charge in [-0.1, -0.05) is 17.7 Å². The van der Waals surface area contributed by atoms with Crippen LogP contribution in [0.5, 0.6) is 0 Å². The molecule has 1 aromatic rings. The standard InChI is InChI=1S/C11H13ClFN3O3S/c12-8-2-1-3-9(13)10(8)11(17)15-4-6-16(7-5-15)20(14,18)19/h1-3H,4-7H2,(H2,14,18,19). The predicted molar refractivity (Wildman–Crippen MR) is 72.0 cm³/mol. The molecule has 0 saturated carbocycles. The highest BCUT2D eigenvalue weighted by molar-refractivity contribution is 7.86. The van der Waals surface area contributed by atoms with Crippen LogP contribution in [0.25, 0.3) is 0 Å². The summed E-state index contributed by atoms with van der Waals surface area (Å²) >= 11 is 5.83. The van der Waals surface area contributed by atoms with Crippen LogP contribution in [-0.4, -0.2) is 49.7 Å². The zero-order valence-corrected chi connectivity index (χ0v) is 12.0. The highest BCUT2D eigenvalue weighted by Gasteiger charge is 2.29. The molecule has 0 aromatic heterocycles. The van der Waals surface area contributed by atoms with E-state index in [0.717, 1.165) is 10.4 Å². The molecule has 2 rings (SSSR count). The van der Waals surface area contributed by atoms with E-state index in [-0.39, 0.29) is 36.8 Å². The normalized spacial score (nSPS) is 17.2. The van der Waals surface area contributed by atoms with E-state index in [1.165, 1.54) is 17.0 Å². The van der Waals surface area contributed by atoms with Crippen LogP contribution in [-0.2, 0) is 10.2 Å². The predicted octanol–water partition coefficient (Wildman–Crippen LogP) is 0.440. The molecule has 6 nitrogen and oxygen atoms in total. The Labute approximate surface area is 121 Å². The minimum absolute atomic E-state index is 0.0314. The van der Waals surface area contributed by atoms with Gasteiger partial charge in [-0.2, -0.15) is 12.7 Å². The van der Waals surface area contributed by atoms with Crippen molar-refractivity contribution >= 4 is 27.7 Å². The average Bonchev–Trinajstić information content (AvgIpc) is 2.37. The Morgan fingerprint density at radius 3 is 2.35 bits per heavy atom. The number of piperazine rings is 1. The summed E-state index contributed by atoms with van der Waals surface area (Å²) in [7, 11) is -3.76. The Balaban J connectivity index is 2.13. The van der Waals surface area contributed by atoms with Gasteiger partial charge < -0.3 is 4.90 Å². The summed E-state index contributed by atoms with van der Waals surface area (Å²) in [6, 6.07) is 3.99. The number of hydrogen-bond donors (Lipinski definition) is 1. The molecule has 0 aliphatic carbocycles. The maximum Gasteiger partial charge on any atom is 0.277 e. The van der Waals surface area contributed by atoms with E-state index >= 15 is 0 Å². The largest absolute Gasteiger partial charge is 0.336 e. The second-order valence-corrected chi connectivity index (χ2v) is 6.29. The summed E-state index contributed by atoms with van der Waals surface area (Å²) in [5, 5.41) is 5.04. The van der Waals surface area contributed by atoms with Gasteiger partial charge in [0, 0.05) is 26.2 Å². The third kappa shape index (κ3) is 3.09. The molecule has 0 unspecified atom stereocenters. The Hall–Kier alpha value is -1.22. The van der Waals surface area contributed by atoms with Crippen molar-refractivity contribution < 1.29 is 17.6 Å². The summed E-state index contributed by atoms with van der Waals surface area (Å²) in [5.41, 5.74) is -0.196. The maximum absolute atomic E-state index is 13.7. The lowest BCUT2D eigenvalue weighted by molar-refractivity contribution is 0.0693. The van der Waals surface area contributed by atoms with Crippen LogP contribution in [0.1, 0.15) is 10.4 Å². The second-order valence-electron chi connectivity index (χ2n) is 4.33. The smallest absolute Gasteiger partial charge is 0.277 e. The Morgan fingerprint density at radius 2 is 1.85 bits per heavy atom. The van der Waals surface area contributed by atoms with E-state index in [1.807, 2.05) is 0 Å². The van der Waals surface area contributed by atoms with Gasteiger partial charge >= 0.3 is 0 Å². The van der Waals surface area contributed by atoms with Crippen LogP contribution in [0.4, 0.5) is 4.39 Å². The Bertz CT molecular complexity index is 610. The maximum atomic E-state index is 13.7. The molecule has 1 heterocycles. The van der Waals surface area contributed by atoms with Crippen molar-refractivity contribution in [3.05, 3.63) is 34.6 Å². The first-order chi connectivity index (χ1) is 9.30. The number of nitrogens with zero attached hydrogens (tertiary/aromatic N) is 2. The first-order valence-electron chi connectivity index (χ1n) is 5.82. The third-order valence-corrected chi connectivity index (χ3v) is 4.46. The van der Waals surface area contributed by atoms with E-state index in [4.69, 9.17) is 16.7 Å².